The maximum absolute atomic E-state index is 14.4. The van der Waals surface area contributed by atoms with Crippen molar-refractivity contribution in [1.82, 2.24) is 24.9 Å². The van der Waals surface area contributed by atoms with Gasteiger partial charge in [-0.3, -0.25) is 14.5 Å². The number of carbonyl (C=O) groups excluding carboxylic acids is 3. The number of nitrogens with zero attached hydrogens (tertiary/aromatic N) is 4. The molecule has 4 aliphatic carbocycles. The molecular formula is C58H93N5O5Si. The molecule has 1 saturated heterocycles. The molecule has 384 valence electrons. The second kappa shape index (κ2) is 21.8. The molecule has 1 heterocycles. The molecule has 10 nitrogen and oxygen atoms in total. The Morgan fingerprint density at radius 2 is 1.30 bits per heavy atom. The van der Waals surface area contributed by atoms with Gasteiger partial charge in [-0.05, 0) is 201 Å². The topological polar surface area (TPSA) is 94.7 Å². The third-order valence-corrected chi connectivity index (χ3v) is 23.3. The van der Waals surface area contributed by atoms with E-state index in [2.05, 4.69) is 110 Å². The lowest BCUT2D eigenvalue weighted by molar-refractivity contribution is -0.136. The van der Waals surface area contributed by atoms with Crippen LogP contribution in [-0.4, -0.2) is 131 Å². The smallest absolute Gasteiger partial charge is 0.411 e. The van der Waals surface area contributed by atoms with Crippen molar-refractivity contribution in [2.75, 3.05) is 60.9 Å². The third-order valence-electron chi connectivity index (χ3n) is 18.3. The molecule has 0 spiro atoms. The van der Waals surface area contributed by atoms with Crippen molar-refractivity contribution in [1.29, 1.82) is 0 Å². The van der Waals surface area contributed by atoms with Crippen molar-refractivity contribution >= 4 is 36.6 Å². The Morgan fingerprint density at radius 3 is 1.87 bits per heavy atom. The Balaban J connectivity index is 0.972. The van der Waals surface area contributed by atoms with Crippen molar-refractivity contribution in [3.8, 4) is 0 Å². The Labute approximate surface area is 419 Å². The zero-order chi connectivity index (χ0) is 49.9. The van der Waals surface area contributed by atoms with E-state index in [9.17, 15) is 14.4 Å². The SMILES string of the molecule is CN(C)CCCN(CCCN(C)C)C(=O)[C@@H]1CC(NC(=O)CCC2CCC3C4CCC5C[C@H](O[Si](c6ccccc6)(c6ccccc6)C(C)(C)C)CC[C@]5(C)C4CC[C@]23C)CN1C(=O)OC(C)(C)C. The summed E-state index contributed by atoms with van der Waals surface area (Å²) in [7, 11) is 5.57. The van der Waals surface area contributed by atoms with Crippen LogP contribution in [-0.2, 0) is 18.8 Å². The van der Waals surface area contributed by atoms with Crippen LogP contribution in [0.3, 0.4) is 0 Å². The number of carbonyl (C=O) groups is 3. The minimum Gasteiger partial charge on any atom is -0.444 e. The number of nitrogens with one attached hydrogen (secondary N) is 1. The molecule has 10 atom stereocenters. The highest BCUT2D eigenvalue weighted by Crippen LogP contribution is 2.68. The first-order chi connectivity index (χ1) is 32.6. The first-order valence-corrected chi connectivity index (χ1v) is 29.1. The molecule has 5 fully saturated rings. The van der Waals surface area contributed by atoms with Gasteiger partial charge < -0.3 is 29.2 Å². The van der Waals surface area contributed by atoms with Crippen LogP contribution in [0.4, 0.5) is 4.79 Å². The van der Waals surface area contributed by atoms with Crippen molar-refractivity contribution in [3.63, 3.8) is 0 Å². The number of hydrogen-bond acceptors (Lipinski definition) is 7. The lowest BCUT2D eigenvalue weighted by atomic mass is 9.44. The van der Waals surface area contributed by atoms with Crippen LogP contribution >= 0.6 is 0 Å². The van der Waals surface area contributed by atoms with Crippen LogP contribution in [0.25, 0.3) is 0 Å². The normalized spacial score (nSPS) is 30.4. The second-order valence-electron chi connectivity index (χ2n) is 25.5. The van der Waals surface area contributed by atoms with Gasteiger partial charge in [0.1, 0.15) is 11.6 Å². The fourth-order valence-electron chi connectivity index (χ4n) is 14.9. The first-order valence-electron chi connectivity index (χ1n) is 27.2. The van der Waals surface area contributed by atoms with Gasteiger partial charge in [0.05, 0.1) is 0 Å². The summed E-state index contributed by atoms with van der Waals surface area (Å²) in [5.74, 6) is 3.45. The van der Waals surface area contributed by atoms with E-state index in [1.165, 1.54) is 61.7 Å². The molecule has 7 rings (SSSR count). The molecule has 3 amide bonds. The lowest BCUT2D eigenvalue weighted by Gasteiger charge is -2.61. The van der Waals surface area contributed by atoms with Crippen LogP contribution < -0.4 is 15.7 Å². The summed E-state index contributed by atoms with van der Waals surface area (Å²) in [6, 6.07) is 21.4. The van der Waals surface area contributed by atoms with E-state index in [-0.39, 0.29) is 41.0 Å². The summed E-state index contributed by atoms with van der Waals surface area (Å²) in [6.45, 7) is 21.3. The van der Waals surface area contributed by atoms with E-state index < -0.39 is 26.1 Å². The summed E-state index contributed by atoms with van der Waals surface area (Å²) in [5.41, 5.74) is -0.0957. The minimum atomic E-state index is -2.62. The molecule has 11 heteroatoms. The largest absolute Gasteiger partial charge is 0.444 e. The van der Waals surface area contributed by atoms with Crippen molar-refractivity contribution < 1.29 is 23.5 Å². The summed E-state index contributed by atoms with van der Waals surface area (Å²) >= 11 is 0. The average molecular weight is 968 g/mol. The fourth-order valence-corrected chi connectivity index (χ4v) is 19.6. The Bertz CT molecular complexity index is 1970. The van der Waals surface area contributed by atoms with Gasteiger partial charge >= 0.3 is 6.09 Å². The second-order valence-corrected chi connectivity index (χ2v) is 29.7. The molecule has 4 saturated carbocycles. The predicted octanol–water partition coefficient (Wildman–Crippen LogP) is 9.60. The molecule has 0 radical (unpaired) electrons. The average Bonchev–Trinajstić information content (AvgIpc) is 3.86. The molecule has 0 bridgehead atoms. The number of benzene rings is 2. The summed E-state index contributed by atoms with van der Waals surface area (Å²) in [4.78, 5) is 49.9. The first kappa shape index (κ1) is 53.5. The van der Waals surface area contributed by atoms with E-state index in [0.29, 0.717) is 43.2 Å². The maximum atomic E-state index is 14.4. The Kier molecular flexibility index (Phi) is 17.0. The van der Waals surface area contributed by atoms with Gasteiger partial charge in [-0.15, -0.1) is 0 Å². The van der Waals surface area contributed by atoms with Crippen LogP contribution in [0, 0.1) is 40.4 Å². The quantitative estimate of drug-likeness (QED) is 0.158. The molecule has 69 heavy (non-hydrogen) atoms. The Hall–Kier alpha value is -3.25. The van der Waals surface area contributed by atoms with Gasteiger partial charge in [0.2, 0.25) is 11.8 Å². The number of fused-ring (bicyclic) bond motifs is 5. The molecule has 6 unspecified atom stereocenters. The Morgan fingerprint density at radius 1 is 0.725 bits per heavy atom. The van der Waals surface area contributed by atoms with E-state index in [1.807, 2.05) is 53.9 Å². The molecule has 5 aliphatic rings. The van der Waals surface area contributed by atoms with E-state index in [4.69, 9.17) is 9.16 Å². The van der Waals surface area contributed by atoms with Gasteiger partial charge in [-0.1, -0.05) is 95.3 Å². The van der Waals surface area contributed by atoms with Gasteiger partial charge in [0.15, 0.2) is 0 Å². The van der Waals surface area contributed by atoms with E-state index >= 15 is 0 Å². The molecule has 2 aromatic rings. The number of likely N-dealkylation sites (tertiary alicyclic amines) is 1. The highest BCUT2D eigenvalue weighted by molar-refractivity contribution is 6.99. The third kappa shape index (κ3) is 11.8. The lowest BCUT2D eigenvalue weighted by Crippen LogP contribution is -2.68. The number of hydrogen-bond donors (Lipinski definition) is 1. The molecule has 0 aromatic heterocycles. The van der Waals surface area contributed by atoms with Gasteiger partial charge in [-0.2, -0.15) is 0 Å². The number of rotatable bonds is 17. The van der Waals surface area contributed by atoms with Crippen LogP contribution in [0.1, 0.15) is 145 Å². The van der Waals surface area contributed by atoms with Crippen LogP contribution in [0.15, 0.2) is 60.7 Å². The highest BCUT2D eigenvalue weighted by atomic mass is 28.4. The van der Waals surface area contributed by atoms with E-state index in [0.717, 1.165) is 56.5 Å². The molecule has 1 aliphatic heterocycles. The van der Waals surface area contributed by atoms with E-state index in [1.54, 1.807) is 4.90 Å². The minimum absolute atomic E-state index is 0.0239. The zero-order valence-corrected chi connectivity index (χ0v) is 46.2. The van der Waals surface area contributed by atoms with Gasteiger partial charge in [0, 0.05) is 38.2 Å². The van der Waals surface area contributed by atoms with Crippen molar-refractivity contribution in [2.45, 2.75) is 174 Å². The number of ether oxygens (including phenoxy) is 1. The van der Waals surface area contributed by atoms with Gasteiger partial charge in [0.25, 0.3) is 8.32 Å². The summed E-state index contributed by atoms with van der Waals surface area (Å²) < 4.78 is 13.7. The van der Waals surface area contributed by atoms with Gasteiger partial charge in [-0.25, -0.2) is 4.79 Å². The fraction of sp³-hybridized carbons (Fsp3) is 0.741. The molecule has 1 N–H and O–H groups in total. The standard InChI is InChI=1S/C58H93N5O5Si/c1-55(2,3)67-54(66)63-41-44(40-51(63)53(65)62(37-19-35-60(9)10)38-20-36-61(11)12)59-52(64)30-27-42-26-29-49-48-28-25-43-39-45(31-33-58(43,8)50(48)32-34-57(42,49)7)68-69(56(4,5)6,46-21-15-13-16-22-46)47-23-17-14-18-24-47/h13-18,21-24,42-45,48-51H,19-20,25-41H2,1-12H3,(H,59,64)/t42?,43?,44?,45-,48?,49?,50?,51+,57-,58+/m1/s1. The molecule has 2 aromatic carbocycles. The highest BCUT2D eigenvalue weighted by Gasteiger charge is 2.61. The predicted molar refractivity (Wildman–Crippen MR) is 283 cm³/mol. The summed E-state index contributed by atoms with van der Waals surface area (Å²) in [6.07, 6.45) is 14.5. The summed E-state index contributed by atoms with van der Waals surface area (Å²) in [5, 5.41) is 6.05. The monoisotopic (exact) mass is 968 g/mol. The molecular weight excluding hydrogens is 875 g/mol. The van der Waals surface area contributed by atoms with Crippen molar-refractivity contribution in [3.05, 3.63) is 60.7 Å². The number of amides is 3. The van der Waals surface area contributed by atoms with Crippen LogP contribution in [0.2, 0.25) is 5.04 Å². The maximum Gasteiger partial charge on any atom is 0.411 e. The van der Waals surface area contributed by atoms with Crippen molar-refractivity contribution in [2.24, 2.45) is 40.4 Å². The zero-order valence-electron chi connectivity index (χ0n) is 45.2. The van der Waals surface area contributed by atoms with Crippen LogP contribution in [0.5, 0.6) is 0 Å².